The summed E-state index contributed by atoms with van der Waals surface area (Å²) in [5, 5.41) is 10.8. The molecule has 1 aromatic heterocycles. The van der Waals surface area contributed by atoms with E-state index in [0.717, 1.165) is 30.1 Å². The van der Waals surface area contributed by atoms with Crippen LogP contribution >= 0.6 is 11.3 Å². The number of nitrogens with one attached hydrogen (secondary N) is 1. The Balaban J connectivity index is 2.03. The summed E-state index contributed by atoms with van der Waals surface area (Å²) in [6.45, 7) is 5.18. The molecule has 0 aliphatic rings. The first-order valence-electron chi connectivity index (χ1n) is 6.46. The molecule has 0 aromatic carbocycles. The Labute approximate surface area is 112 Å². The number of aromatic nitrogens is 2. The third-order valence-electron chi connectivity index (χ3n) is 2.63. The van der Waals surface area contributed by atoms with Gasteiger partial charge in [-0.2, -0.15) is 0 Å². The van der Waals surface area contributed by atoms with E-state index in [1.165, 1.54) is 19.3 Å². The maximum atomic E-state index is 11.6. The molecule has 0 fully saturated rings. The summed E-state index contributed by atoms with van der Waals surface area (Å²) in [7, 11) is 0. The first-order chi connectivity index (χ1) is 8.59. The van der Waals surface area contributed by atoms with E-state index in [-0.39, 0.29) is 5.91 Å². The summed E-state index contributed by atoms with van der Waals surface area (Å²) in [6.07, 6.45) is 5.97. The molecule has 0 saturated heterocycles. The highest BCUT2D eigenvalue weighted by Crippen LogP contribution is 2.11. The smallest absolute Gasteiger partial charge is 0.282 e. The number of nitrogens with zero attached hydrogens (tertiary/aromatic N) is 2. The van der Waals surface area contributed by atoms with Crippen LogP contribution in [0.1, 0.15) is 55.8 Å². The monoisotopic (exact) mass is 270 g/mol. The van der Waals surface area contributed by atoms with Gasteiger partial charge in [0.1, 0.15) is 0 Å². The number of rotatable bonds is 8. The van der Waals surface area contributed by atoms with Crippen LogP contribution < -0.4 is 11.1 Å². The molecule has 0 atom stereocenters. The maximum Gasteiger partial charge on any atom is 0.282 e. The van der Waals surface area contributed by atoms with Crippen molar-refractivity contribution in [1.29, 1.82) is 0 Å². The lowest BCUT2D eigenvalue weighted by atomic mass is 10.0. The largest absolute Gasteiger partial charge is 0.374 e. The van der Waals surface area contributed by atoms with Crippen LogP contribution in [0.2, 0.25) is 0 Å². The van der Waals surface area contributed by atoms with Crippen molar-refractivity contribution in [3.63, 3.8) is 0 Å². The second-order valence-electron chi connectivity index (χ2n) is 4.80. The Kier molecular flexibility index (Phi) is 6.64. The van der Waals surface area contributed by atoms with Crippen LogP contribution in [0.4, 0.5) is 5.13 Å². The number of carbonyl (C=O) groups is 1. The van der Waals surface area contributed by atoms with Gasteiger partial charge in [-0.05, 0) is 12.3 Å². The number of nitrogens with two attached hydrogens (primary N) is 1. The molecule has 0 unspecified atom stereocenters. The van der Waals surface area contributed by atoms with Crippen molar-refractivity contribution >= 4 is 22.4 Å². The van der Waals surface area contributed by atoms with Gasteiger partial charge >= 0.3 is 0 Å². The minimum Gasteiger partial charge on any atom is -0.374 e. The number of nitrogen functional groups attached to an aromatic ring is 1. The summed E-state index contributed by atoms with van der Waals surface area (Å²) < 4.78 is 0. The predicted octanol–water partition coefficient (Wildman–Crippen LogP) is 2.46. The molecule has 0 spiro atoms. The van der Waals surface area contributed by atoms with E-state index in [1.807, 2.05) is 0 Å². The van der Waals surface area contributed by atoms with Crippen LogP contribution in [0.15, 0.2) is 0 Å². The van der Waals surface area contributed by atoms with Gasteiger partial charge in [0.15, 0.2) is 0 Å². The van der Waals surface area contributed by atoms with Gasteiger partial charge in [-0.3, -0.25) is 4.79 Å². The van der Waals surface area contributed by atoms with Crippen LogP contribution in [0.25, 0.3) is 0 Å². The summed E-state index contributed by atoms with van der Waals surface area (Å²) >= 11 is 1.11. The third kappa shape index (κ3) is 5.95. The highest BCUT2D eigenvalue weighted by molar-refractivity contribution is 7.16. The molecule has 18 heavy (non-hydrogen) atoms. The molecule has 1 rings (SSSR count). The van der Waals surface area contributed by atoms with Crippen molar-refractivity contribution in [1.82, 2.24) is 15.5 Å². The lowest BCUT2D eigenvalue weighted by Crippen LogP contribution is -2.24. The van der Waals surface area contributed by atoms with Crippen LogP contribution in [0, 0.1) is 5.92 Å². The molecule has 1 aromatic rings. The Hall–Kier alpha value is -1.17. The van der Waals surface area contributed by atoms with Crippen molar-refractivity contribution in [2.24, 2.45) is 5.92 Å². The van der Waals surface area contributed by atoms with Crippen molar-refractivity contribution in [3.8, 4) is 0 Å². The molecular weight excluding hydrogens is 248 g/mol. The fourth-order valence-electron chi connectivity index (χ4n) is 1.63. The molecule has 3 N–H and O–H groups in total. The molecule has 1 amide bonds. The normalized spacial score (nSPS) is 10.8. The molecule has 6 heteroatoms. The fraction of sp³-hybridized carbons (Fsp3) is 0.750. The molecule has 0 radical (unpaired) electrons. The lowest BCUT2D eigenvalue weighted by Gasteiger charge is -2.05. The van der Waals surface area contributed by atoms with Gasteiger partial charge in [0.2, 0.25) is 10.1 Å². The SMILES string of the molecule is CC(C)CCCCCCNC(=O)c1nnc(N)s1. The van der Waals surface area contributed by atoms with Gasteiger partial charge in [0.25, 0.3) is 5.91 Å². The molecule has 0 bridgehead atoms. The van der Waals surface area contributed by atoms with Crippen molar-refractivity contribution in [2.45, 2.75) is 46.0 Å². The lowest BCUT2D eigenvalue weighted by molar-refractivity contribution is 0.0952. The number of unbranched alkanes of at least 4 members (excludes halogenated alkanes) is 3. The minimum atomic E-state index is -0.175. The number of anilines is 1. The molecule has 0 aliphatic heterocycles. The molecule has 1 heterocycles. The van der Waals surface area contributed by atoms with Crippen LogP contribution in [-0.4, -0.2) is 22.6 Å². The van der Waals surface area contributed by atoms with Crippen LogP contribution in [0.5, 0.6) is 0 Å². The van der Waals surface area contributed by atoms with E-state index in [2.05, 4.69) is 29.4 Å². The topological polar surface area (TPSA) is 80.9 Å². The number of hydrogen-bond donors (Lipinski definition) is 2. The Bertz CT molecular complexity index is 365. The van der Waals surface area contributed by atoms with Crippen molar-refractivity contribution in [3.05, 3.63) is 5.01 Å². The minimum absolute atomic E-state index is 0.175. The zero-order chi connectivity index (χ0) is 13.4. The molecule has 0 aliphatic carbocycles. The van der Waals surface area contributed by atoms with Crippen LogP contribution in [-0.2, 0) is 0 Å². The van der Waals surface area contributed by atoms with E-state index < -0.39 is 0 Å². The van der Waals surface area contributed by atoms with E-state index >= 15 is 0 Å². The van der Waals surface area contributed by atoms with Gasteiger partial charge < -0.3 is 11.1 Å². The second-order valence-corrected chi connectivity index (χ2v) is 5.81. The highest BCUT2D eigenvalue weighted by atomic mass is 32.1. The average Bonchev–Trinajstić information content (AvgIpc) is 2.74. The maximum absolute atomic E-state index is 11.6. The second kappa shape index (κ2) is 8.02. The van der Waals surface area contributed by atoms with E-state index in [1.54, 1.807) is 0 Å². The fourth-order valence-corrected chi connectivity index (χ4v) is 2.16. The van der Waals surface area contributed by atoms with Gasteiger partial charge in [-0.15, -0.1) is 10.2 Å². The predicted molar refractivity (Wildman–Crippen MR) is 74.6 cm³/mol. The van der Waals surface area contributed by atoms with E-state index in [0.29, 0.717) is 16.7 Å². The standard InChI is InChI=1S/C12H22N4OS/c1-9(2)7-5-3-4-6-8-14-10(17)11-15-16-12(13)18-11/h9H,3-8H2,1-2H3,(H2,13,16)(H,14,17). The average molecular weight is 270 g/mol. The molecule has 5 nitrogen and oxygen atoms in total. The quantitative estimate of drug-likeness (QED) is 0.711. The van der Waals surface area contributed by atoms with Gasteiger partial charge in [-0.1, -0.05) is 50.9 Å². The first-order valence-corrected chi connectivity index (χ1v) is 7.28. The Morgan fingerprint density at radius 3 is 2.61 bits per heavy atom. The third-order valence-corrected chi connectivity index (χ3v) is 3.38. The molecule has 102 valence electrons. The highest BCUT2D eigenvalue weighted by Gasteiger charge is 2.10. The van der Waals surface area contributed by atoms with Crippen LogP contribution in [0.3, 0.4) is 0 Å². The molecule has 0 saturated carbocycles. The summed E-state index contributed by atoms with van der Waals surface area (Å²) in [6, 6.07) is 0. The van der Waals surface area contributed by atoms with E-state index in [4.69, 9.17) is 5.73 Å². The summed E-state index contributed by atoms with van der Waals surface area (Å²) in [5.74, 6) is 0.610. The molecular formula is C12H22N4OS. The van der Waals surface area contributed by atoms with Crippen molar-refractivity contribution < 1.29 is 4.79 Å². The number of amides is 1. The number of carbonyl (C=O) groups excluding carboxylic acids is 1. The van der Waals surface area contributed by atoms with E-state index in [9.17, 15) is 4.79 Å². The zero-order valence-corrected chi connectivity index (χ0v) is 11.9. The number of hydrogen-bond acceptors (Lipinski definition) is 5. The zero-order valence-electron chi connectivity index (χ0n) is 11.1. The van der Waals surface area contributed by atoms with Gasteiger partial charge in [0.05, 0.1) is 0 Å². The first kappa shape index (κ1) is 14.9. The summed E-state index contributed by atoms with van der Waals surface area (Å²) in [4.78, 5) is 11.6. The van der Waals surface area contributed by atoms with Gasteiger partial charge in [-0.25, -0.2) is 0 Å². The Morgan fingerprint density at radius 1 is 1.28 bits per heavy atom. The van der Waals surface area contributed by atoms with Gasteiger partial charge in [0, 0.05) is 6.54 Å². The summed E-state index contributed by atoms with van der Waals surface area (Å²) in [5.41, 5.74) is 5.42. The van der Waals surface area contributed by atoms with Crippen molar-refractivity contribution in [2.75, 3.05) is 12.3 Å². The Morgan fingerprint density at radius 2 is 2.00 bits per heavy atom.